The lowest BCUT2D eigenvalue weighted by molar-refractivity contribution is -0.121. The van der Waals surface area contributed by atoms with E-state index in [0.717, 1.165) is 5.56 Å². The first-order valence-electron chi connectivity index (χ1n) is 9.36. The second kappa shape index (κ2) is 10.5. The summed E-state index contributed by atoms with van der Waals surface area (Å²) in [5.74, 6) is -0.254. The molecule has 0 unspecified atom stereocenters. The van der Waals surface area contributed by atoms with Crippen LogP contribution in [0.25, 0.3) is 0 Å². The van der Waals surface area contributed by atoms with Crippen LogP contribution in [0.5, 0.6) is 0 Å². The van der Waals surface area contributed by atoms with Crippen LogP contribution in [0.1, 0.15) is 42.6 Å². The fourth-order valence-corrected chi connectivity index (χ4v) is 4.46. The number of carbonyl (C=O) groups is 2. The lowest BCUT2D eigenvalue weighted by Crippen LogP contribution is -2.33. The second-order valence-electron chi connectivity index (χ2n) is 6.91. The predicted octanol–water partition coefficient (Wildman–Crippen LogP) is 2.60. The Kier molecular flexibility index (Phi) is 8.36. The largest absolute Gasteiger partial charge is 0.352 e. The van der Waals surface area contributed by atoms with Crippen molar-refractivity contribution in [1.29, 1.82) is 0 Å². The van der Waals surface area contributed by atoms with Gasteiger partial charge in [-0.1, -0.05) is 12.1 Å². The molecule has 29 heavy (non-hydrogen) atoms. The van der Waals surface area contributed by atoms with Crippen LogP contribution in [0.2, 0.25) is 0 Å². The first-order chi connectivity index (χ1) is 13.7. The van der Waals surface area contributed by atoms with Crippen LogP contribution >= 0.6 is 11.3 Å². The summed E-state index contributed by atoms with van der Waals surface area (Å²) in [4.78, 5) is 24.0. The second-order valence-corrected chi connectivity index (χ2v) is 9.68. The van der Waals surface area contributed by atoms with Gasteiger partial charge < -0.3 is 10.6 Å². The van der Waals surface area contributed by atoms with Crippen LogP contribution in [-0.2, 0) is 21.4 Å². The van der Waals surface area contributed by atoms with Crippen molar-refractivity contribution in [2.45, 2.75) is 44.2 Å². The average Bonchev–Trinajstić information content (AvgIpc) is 3.24. The molecule has 1 aromatic heterocycles. The van der Waals surface area contributed by atoms with Gasteiger partial charge in [-0.05, 0) is 49.4 Å². The van der Waals surface area contributed by atoms with Crippen LogP contribution in [-0.4, -0.2) is 44.2 Å². The van der Waals surface area contributed by atoms with E-state index in [9.17, 15) is 18.0 Å². The lowest BCUT2D eigenvalue weighted by atomic mass is 10.2. The number of hydrogen-bond acceptors (Lipinski definition) is 5. The van der Waals surface area contributed by atoms with Gasteiger partial charge in [-0.2, -0.15) is 15.6 Å². The summed E-state index contributed by atoms with van der Waals surface area (Å²) in [7, 11) is -1.96. The molecule has 2 amide bonds. The van der Waals surface area contributed by atoms with Crippen molar-refractivity contribution < 1.29 is 18.0 Å². The van der Waals surface area contributed by atoms with Crippen molar-refractivity contribution in [3.8, 4) is 0 Å². The van der Waals surface area contributed by atoms with Gasteiger partial charge in [-0.25, -0.2) is 8.42 Å². The summed E-state index contributed by atoms with van der Waals surface area (Å²) in [6, 6.07) is 8.12. The SMILES string of the molecule is CC(C)N(C)S(=O)(=O)c1ccc(CNC(=O)CCCNC(=O)c2ccsc2)cc1. The molecule has 0 radical (unpaired) electrons. The Labute approximate surface area is 176 Å². The number of nitrogens with one attached hydrogen (secondary N) is 2. The number of carbonyl (C=O) groups excluding carboxylic acids is 2. The Morgan fingerprint density at radius 1 is 1.10 bits per heavy atom. The zero-order valence-electron chi connectivity index (χ0n) is 16.8. The number of thiophene rings is 1. The average molecular weight is 438 g/mol. The van der Waals surface area contributed by atoms with E-state index in [4.69, 9.17) is 0 Å². The zero-order chi connectivity index (χ0) is 21.4. The van der Waals surface area contributed by atoms with E-state index >= 15 is 0 Å². The van der Waals surface area contributed by atoms with Crippen LogP contribution in [0, 0.1) is 0 Å². The van der Waals surface area contributed by atoms with E-state index in [2.05, 4.69) is 10.6 Å². The molecule has 0 aliphatic rings. The fourth-order valence-electron chi connectivity index (χ4n) is 2.46. The van der Waals surface area contributed by atoms with E-state index in [0.29, 0.717) is 31.5 Å². The molecule has 2 N–H and O–H groups in total. The van der Waals surface area contributed by atoms with Gasteiger partial charge in [-0.15, -0.1) is 0 Å². The lowest BCUT2D eigenvalue weighted by Gasteiger charge is -2.21. The molecule has 0 atom stereocenters. The molecule has 0 aliphatic heterocycles. The van der Waals surface area contributed by atoms with Crippen LogP contribution < -0.4 is 10.6 Å². The quantitative estimate of drug-likeness (QED) is 0.559. The fraction of sp³-hybridized carbons (Fsp3) is 0.400. The number of benzene rings is 1. The molecule has 9 heteroatoms. The van der Waals surface area contributed by atoms with E-state index in [-0.39, 0.29) is 22.8 Å². The van der Waals surface area contributed by atoms with E-state index in [1.165, 1.54) is 15.6 Å². The van der Waals surface area contributed by atoms with Crippen molar-refractivity contribution in [3.63, 3.8) is 0 Å². The molecule has 0 saturated carbocycles. The standard InChI is InChI=1S/C20H27N3O4S2/c1-15(2)23(3)29(26,27)18-8-6-16(7-9-18)13-22-19(24)5-4-11-21-20(25)17-10-12-28-14-17/h6-10,12,14-15H,4-5,11,13H2,1-3H3,(H,21,25)(H,22,24). The minimum atomic E-state index is -3.51. The smallest absolute Gasteiger partial charge is 0.252 e. The molecular weight excluding hydrogens is 410 g/mol. The third-order valence-corrected chi connectivity index (χ3v) is 7.20. The number of rotatable bonds is 10. The number of nitrogens with zero attached hydrogens (tertiary/aromatic N) is 1. The van der Waals surface area contributed by atoms with Gasteiger partial charge in [0, 0.05) is 43.5 Å². The molecule has 7 nitrogen and oxygen atoms in total. The highest BCUT2D eigenvalue weighted by molar-refractivity contribution is 7.89. The maximum atomic E-state index is 12.4. The summed E-state index contributed by atoms with van der Waals surface area (Å²) in [6.45, 7) is 4.38. The molecule has 0 saturated heterocycles. The van der Waals surface area contributed by atoms with Gasteiger partial charge in [0.25, 0.3) is 5.91 Å². The molecule has 2 aromatic rings. The number of sulfonamides is 1. The summed E-state index contributed by atoms with van der Waals surface area (Å²) >= 11 is 1.46. The normalized spacial score (nSPS) is 11.6. The number of hydrogen-bond donors (Lipinski definition) is 2. The van der Waals surface area contributed by atoms with Crippen molar-refractivity contribution >= 4 is 33.2 Å². The summed E-state index contributed by atoms with van der Waals surface area (Å²) < 4.78 is 26.2. The van der Waals surface area contributed by atoms with Gasteiger partial charge in [-0.3, -0.25) is 9.59 Å². The molecule has 0 spiro atoms. The predicted molar refractivity (Wildman–Crippen MR) is 114 cm³/mol. The van der Waals surface area contributed by atoms with Crippen LogP contribution in [0.3, 0.4) is 0 Å². The molecule has 1 heterocycles. The Bertz CT molecular complexity index is 908. The molecule has 0 aliphatic carbocycles. The Balaban J connectivity index is 1.74. The zero-order valence-corrected chi connectivity index (χ0v) is 18.5. The van der Waals surface area contributed by atoms with Gasteiger partial charge in [0.05, 0.1) is 4.90 Å². The minimum Gasteiger partial charge on any atom is -0.352 e. The van der Waals surface area contributed by atoms with Crippen molar-refractivity contribution in [2.24, 2.45) is 0 Å². The maximum Gasteiger partial charge on any atom is 0.252 e. The van der Waals surface area contributed by atoms with E-state index in [1.807, 2.05) is 19.2 Å². The van der Waals surface area contributed by atoms with Gasteiger partial charge in [0.2, 0.25) is 15.9 Å². The highest BCUT2D eigenvalue weighted by atomic mass is 32.2. The molecule has 1 aromatic carbocycles. The van der Waals surface area contributed by atoms with Crippen molar-refractivity contribution in [1.82, 2.24) is 14.9 Å². The topological polar surface area (TPSA) is 95.6 Å². The van der Waals surface area contributed by atoms with Crippen molar-refractivity contribution in [2.75, 3.05) is 13.6 Å². The highest BCUT2D eigenvalue weighted by Crippen LogP contribution is 2.17. The van der Waals surface area contributed by atoms with Gasteiger partial charge in [0.15, 0.2) is 0 Å². The maximum absolute atomic E-state index is 12.4. The Morgan fingerprint density at radius 2 is 1.79 bits per heavy atom. The molecule has 158 valence electrons. The highest BCUT2D eigenvalue weighted by Gasteiger charge is 2.22. The summed E-state index contributed by atoms with van der Waals surface area (Å²) in [6.07, 6.45) is 0.843. The first kappa shape index (κ1) is 23.1. The number of amides is 2. The third-order valence-electron chi connectivity index (χ3n) is 4.47. The van der Waals surface area contributed by atoms with E-state index in [1.54, 1.807) is 42.8 Å². The van der Waals surface area contributed by atoms with Crippen LogP contribution in [0.4, 0.5) is 0 Å². The molecule has 0 bridgehead atoms. The van der Waals surface area contributed by atoms with Gasteiger partial charge in [0.1, 0.15) is 0 Å². The summed E-state index contributed by atoms with van der Waals surface area (Å²) in [5.41, 5.74) is 1.44. The molecule has 2 rings (SSSR count). The first-order valence-corrected chi connectivity index (χ1v) is 11.7. The van der Waals surface area contributed by atoms with E-state index < -0.39 is 10.0 Å². The summed E-state index contributed by atoms with van der Waals surface area (Å²) in [5, 5.41) is 9.20. The Morgan fingerprint density at radius 3 is 2.38 bits per heavy atom. The third kappa shape index (κ3) is 6.66. The van der Waals surface area contributed by atoms with Gasteiger partial charge >= 0.3 is 0 Å². The molecule has 0 fully saturated rings. The molecular formula is C20H27N3O4S2. The monoisotopic (exact) mass is 437 g/mol. The van der Waals surface area contributed by atoms with Crippen molar-refractivity contribution in [3.05, 3.63) is 52.2 Å². The van der Waals surface area contributed by atoms with Crippen LogP contribution in [0.15, 0.2) is 46.0 Å². The Hall–Kier alpha value is -2.23. The minimum absolute atomic E-state index is 0.119.